The van der Waals surface area contributed by atoms with Gasteiger partial charge in [-0.2, -0.15) is 0 Å². The normalized spacial score (nSPS) is 21.0. The molecule has 0 aliphatic carbocycles. The highest BCUT2D eigenvalue weighted by Gasteiger charge is 2.23. The minimum Gasteiger partial charge on any atom is -0.373 e. The van der Waals surface area contributed by atoms with Crippen molar-refractivity contribution >= 4 is 0 Å². The lowest BCUT2D eigenvalue weighted by atomic mass is 9.94. The maximum atomic E-state index is 12.7. The summed E-state index contributed by atoms with van der Waals surface area (Å²) in [4.78, 5) is 0. The van der Waals surface area contributed by atoms with Crippen molar-refractivity contribution in [3.63, 3.8) is 0 Å². The Kier molecular flexibility index (Phi) is 3.17. The molecule has 1 aromatic carbocycles. The number of rotatable bonds is 5. The molecule has 1 aliphatic heterocycles. The van der Waals surface area contributed by atoms with Gasteiger partial charge in [0.15, 0.2) is 0 Å². The minimum atomic E-state index is -0.188. The van der Waals surface area contributed by atoms with Crippen molar-refractivity contribution in [1.82, 2.24) is 0 Å². The smallest absolute Gasteiger partial charge is 0.123 e. The Morgan fingerprint density at radius 3 is 2.67 bits per heavy atom. The third-order valence-corrected chi connectivity index (χ3v) is 2.78. The molecule has 2 unspecified atom stereocenters. The number of ether oxygens (including phenoxy) is 1. The van der Waals surface area contributed by atoms with Gasteiger partial charge in [0.25, 0.3) is 0 Å². The van der Waals surface area contributed by atoms with Crippen molar-refractivity contribution in [3.8, 4) is 0 Å². The Hall–Kier alpha value is -1.15. The van der Waals surface area contributed by atoms with Crippen LogP contribution in [0.5, 0.6) is 0 Å². The van der Waals surface area contributed by atoms with Crippen molar-refractivity contribution in [1.29, 1.82) is 0 Å². The zero-order valence-electron chi connectivity index (χ0n) is 8.66. The van der Waals surface area contributed by atoms with Crippen LogP contribution in [0.25, 0.3) is 0 Å². The molecule has 1 aliphatic rings. The van der Waals surface area contributed by atoms with Crippen molar-refractivity contribution in [2.45, 2.75) is 24.9 Å². The van der Waals surface area contributed by atoms with Gasteiger partial charge >= 0.3 is 0 Å². The van der Waals surface area contributed by atoms with Gasteiger partial charge in [-0.3, -0.25) is 0 Å². The van der Waals surface area contributed by atoms with Crippen LogP contribution in [0, 0.1) is 5.82 Å². The predicted octanol–water partition coefficient (Wildman–Crippen LogP) is 3.27. The van der Waals surface area contributed by atoms with E-state index in [0.717, 1.165) is 25.0 Å². The quantitative estimate of drug-likeness (QED) is 0.532. The van der Waals surface area contributed by atoms with Crippen LogP contribution in [0.3, 0.4) is 0 Å². The fraction of sp³-hybridized carbons (Fsp3) is 0.385. The molecule has 2 heteroatoms. The first kappa shape index (κ1) is 10.4. The summed E-state index contributed by atoms with van der Waals surface area (Å²) in [7, 11) is 0. The third-order valence-electron chi connectivity index (χ3n) is 2.78. The van der Waals surface area contributed by atoms with Crippen molar-refractivity contribution in [2.75, 3.05) is 6.61 Å². The summed E-state index contributed by atoms with van der Waals surface area (Å²) in [6.07, 6.45) is 4.47. The molecule has 0 N–H and O–H groups in total. The summed E-state index contributed by atoms with van der Waals surface area (Å²) in [6.45, 7) is 4.72. The van der Waals surface area contributed by atoms with E-state index in [-0.39, 0.29) is 5.82 Å². The standard InChI is InChI=1S/C13H15FO/c1-2-10(5-8-13-9-15-13)11-3-6-12(14)7-4-11/h2-4,6-7,10,13H,1,5,8-9H2. The SMILES string of the molecule is C=CC(CCC1CO1)c1ccc(F)cc1. The highest BCUT2D eigenvalue weighted by atomic mass is 19.1. The molecule has 1 saturated heterocycles. The molecule has 1 fully saturated rings. The number of benzene rings is 1. The lowest BCUT2D eigenvalue weighted by Crippen LogP contribution is -1.97. The highest BCUT2D eigenvalue weighted by molar-refractivity contribution is 5.23. The van der Waals surface area contributed by atoms with Gasteiger partial charge in [-0.05, 0) is 30.5 Å². The Labute approximate surface area is 89.6 Å². The van der Waals surface area contributed by atoms with Gasteiger partial charge in [0.1, 0.15) is 5.82 Å². The lowest BCUT2D eigenvalue weighted by molar-refractivity contribution is 0.388. The van der Waals surface area contributed by atoms with E-state index in [1.165, 1.54) is 12.1 Å². The second-order valence-corrected chi connectivity index (χ2v) is 3.93. The topological polar surface area (TPSA) is 12.5 Å². The van der Waals surface area contributed by atoms with Crippen LogP contribution >= 0.6 is 0 Å². The van der Waals surface area contributed by atoms with Crippen molar-refractivity contribution in [3.05, 3.63) is 48.3 Å². The molecule has 1 heterocycles. The van der Waals surface area contributed by atoms with Crippen LogP contribution in [-0.2, 0) is 4.74 Å². The van der Waals surface area contributed by atoms with Gasteiger partial charge in [0, 0.05) is 5.92 Å². The molecule has 2 atom stereocenters. The van der Waals surface area contributed by atoms with Crippen LogP contribution in [0.2, 0.25) is 0 Å². The van der Waals surface area contributed by atoms with E-state index in [2.05, 4.69) is 6.58 Å². The molecular weight excluding hydrogens is 191 g/mol. The van der Waals surface area contributed by atoms with E-state index in [4.69, 9.17) is 4.74 Å². The Morgan fingerprint density at radius 2 is 2.13 bits per heavy atom. The molecule has 2 rings (SSSR count). The number of halogens is 1. The zero-order chi connectivity index (χ0) is 10.7. The lowest BCUT2D eigenvalue weighted by Gasteiger charge is -2.11. The highest BCUT2D eigenvalue weighted by Crippen LogP contribution is 2.26. The molecule has 15 heavy (non-hydrogen) atoms. The monoisotopic (exact) mass is 206 g/mol. The van der Waals surface area contributed by atoms with Crippen LogP contribution in [0.1, 0.15) is 24.3 Å². The van der Waals surface area contributed by atoms with Gasteiger partial charge in [-0.25, -0.2) is 4.39 Å². The molecular formula is C13H15FO. The molecule has 0 amide bonds. The van der Waals surface area contributed by atoms with Gasteiger partial charge in [-0.1, -0.05) is 18.2 Å². The number of hydrogen-bond acceptors (Lipinski definition) is 1. The molecule has 0 radical (unpaired) electrons. The number of allylic oxidation sites excluding steroid dienone is 1. The number of epoxide rings is 1. The molecule has 1 aromatic rings. The second-order valence-electron chi connectivity index (χ2n) is 3.93. The Balaban J connectivity index is 1.97. The fourth-order valence-electron chi connectivity index (χ4n) is 1.73. The van der Waals surface area contributed by atoms with Gasteiger partial charge in [0.05, 0.1) is 12.7 Å². The summed E-state index contributed by atoms with van der Waals surface area (Å²) in [5.74, 6) is 0.127. The zero-order valence-corrected chi connectivity index (χ0v) is 8.66. The van der Waals surface area contributed by atoms with Crippen molar-refractivity contribution in [2.24, 2.45) is 0 Å². The van der Waals surface area contributed by atoms with E-state index in [1.54, 1.807) is 0 Å². The molecule has 0 saturated carbocycles. The van der Waals surface area contributed by atoms with E-state index >= 15 is 0 Å². The van der Waals surface area contributed by atoms with E-state index < -0.39 is 0 Å². The Morgan fingerprint density at radius 1 is 1.47 bits per heavy atom. The van der Waals surface area contributed by atoms with E-state index in [1.807, 2.05) is 18.2 Å². The minimum absolute atomic E-state index is 0.188. The first-order chi connectivity index (χ1) is 7.29. The van der Waals surface area contributed by atoms with Crippen molar-refractivity contribution < 1.29 is 9.13 Å². The van der Waals surface area contributed by atoms with E-state index in [9.17, 15) is 4.39 Å². The van der Waals surface area contributed by atoms with Gasteiger partial charge < -0.3 is 4.74 Å². The molecule has 80 valence electrons. The third kappa shape index (κ3) is 2.90. The maximum Gasteiger partial charge on any atom is 0.123 e. The van der Waals surface area contributed by atoms with Crippen LogP contribution in [-0.4, -0.2) is 12.7 Å². The van der Waals surface area contributed by atoms with Crippen LogP contribution < -0.4 is 0 Å². The predicted molar refractivity (Wildman–Crippen MR) is 58.3 cm³/mol. The summed E-state index contributed by atoms with van der Waals surface area (Å²) in [6, 6.07) is 6.66. The molecule has 0 bridgehead atoms. The fourth-order valence-corrected chi connectivity index (χ4v) is 1.73. The first-order valence-corrected chi connectivity index (χ1v) is 5.29. The van der Waals surface area contributed by atoms with Gasteiger partial charge in [0.2, 0.25) is 0 Å². The molecule has 1 nitrogen and oxygen atoms in total. The average molecular weight is 206 g/mol. The van der Waals surface area contributed by atoms with E-state index in [0.29, 0.717) is 12.0 Å². The van der Waals surface area contributed by atoms with Gasteiger partial charge in [-0.15, -0.1) is 6.58 Å². The van der Waals surface area contributed by atoms with Crippen LogP contribution in [0.4, 0.5) is 4.39 Å². The largest absolute Gasteiger partial charge is 0.373 e. The molecule has 0 spiro atoms. The summed E-state index contributed by atoms with van der Waals surface area (Å²) in [5, 5.41) is 0. The first-order valence-electron chi connectivity index (χ1n) is 5.29. The summed E-state index contributed by atoms with van der Waals surface area (Å²) in [5.41, 5.74) is 1.13. The second kappa shape index (κ2) is 4.58. The number of hydrogen-bond donors (Lipinski definition) is 0. The van der Waals surface area contributed by atoms with Crippen LogP contribution in [0.15, 0.2) is 36.9 Å². The maximum absolute atomic E-state index is 12.7. The Bertz CT molecular complexity index is 327. The molecule has 0 aromatic heterocycles. The average Bonchev–Trinajstić information content (AvgIpc) is 3.05. The summed E-state index contributed by atoms with van der Waals surface area (Å²) < 4.78 is 17.9. The summed E-state index contributed by atoms with van der Waals surface area (Å²) >= 11 is 0.